The van der Waals surface area contributed by atoms with Crippen LogP contribution in [-0.2, 0) is 53.6 Å². The van der Waals surface area contributed by atoms with Gasteiger partial charge in [0.25, 0.3) is 0 Å². The molecule has 12 nitrogen and oxygen atoms in total. The standard InChI is InChI=1S/C27H34N4O8S3/c1-27(2,3)42(36,37)17-24-28-23(16-40-24)21(14-19-10-12-20(13-11-19)31-39-41(34)35)29-25(32)22(30-26(33)38-4)15-18-8-6-5-7-9-18/h5-13,16,21-22,31H,14-15,17H2,1-4H3,(H,29,32)(H,30,33)(H,34,35)/t21-,22-/m0/s1. The van der Waals surface area contributed by atoms with E-state index in [1.165, 1.54) is 18.4 Å². The zero-order chi connectivity index (χ0) is 30.9. The molecule has 42 heavy (non-hydrogen) atoms. The number of benzene rings is 2. The number of hydrogen-bond donors (Lipinski definition) is 4. The van der Waals surface area contributed by atoms with Crippen LogP contribution in [0.15, 0.2) is 60.0 Å². The van der Waals surface area contributed by atoms with Crippen molar-refractivity contribution in [1.82, 2.24) is 15.6 Å². The molecule has 0 saturated heterocycles. The molecule has 0 radical (unpaired) electrons. The Kier molecular flexibility index (Phi) is 11.6. The molecule has 0 aliphatic heterocycles. The third-order valence-corrected chi connectivity index (χ3v) is 9.99. The Labute approximate surface area is 251 Å². The lowest BCUT2D eigenvalue weighted by Gasteiger charge is -2.23. The number of nitrogens with one attached hydrogen (secondary N) is 3. The van der Waals surface area contributed by atoms with E-state index in [2.05, 4.69) is 25.4 Å². The predicted octanol–water partition coefficient (Wildman–Crippen LogP) is 3.70. The number of carbonyl (C=O) groups excluding carboxylic acids is 2. The van der Waals surface area contributed by atoms with Gasteiger partial charge in [-0.1, -0.05) is 42.5 Å². The van der Waals surface area contributed by atoms with Crippen molar-refractivity contribution >= 4 is 50.2 Å². The normalized spacial score (nSPS) is 13.9. The number of hydrogen-bond acceptors (Lipinski definition) is 10. The van der Waals surface area contributed by atoms with Crippen LogP contribution in [-0.4, -0.2) is 52.1 Å². The highest BCUT2D eigenvalue weighted by Gasteiger charge is 2.31. The largest absolute Gasteiger partial charge is 0.453 e. The van der Waals surface area contributed by atoms with Crippen molar-refractivity contribution in [3.05, 3.63) is 81.8 Å². The van der Waals surface area contributed by atoms with Crippen LogP contribution >= 0.6 is 11.3 Å². The molecule has 3 aromatic rings. The third-order valence-electron chi connectivity index (χ3n) is 6.19. The van der Waals surface area contributed by atoms with Crippen molar-refractivity contribution in [1.29, 1.82) is 0 Å². The van der Waals surface area contributed by atoms with Crippen molar-refractivity contribution in [3.63, 3.8) is 0 Å². The number of alkyl carbamates (subject to hydrolysis) is 1. The summed E-state index contributed by atoms with van der Waals surface area (Å²) in [4.78, 5) is 30.2. The van der Waals surface area contributed by atoms with E-state index in [-0.39, 0.29) is 18.6 Å². The quantitative estimate of drug-likeness (QED) is 0.160. The first-order valence-corrected chi connectivity index (χ1v) is 16.3. The number of carbonyl (C=O) groups is 2. The predicted molar refractivity (Wildman–Crippen MR) is 160 cm³/mol. The first-order chi connectivity index (χ1) is 19.8. The first kappa shape index (κ1) is 33.1. The number of ether oxygens (including phenoxy) is 1. The van der Waals surface area contributed by atoms with E-state index in [1.54, 1.807) is 50.4 Å². The van der Waals surface area contributed by atoms with Gasteiger partial charge in [-0.25, -0.2) is 23.7 Å². The number of nitrogens with zero attached hydrogens (tertiary/aromatic N) is 1. The van der Waals surface area contributed by atoms with E-state index in [4.69, 9.17) is 9.29 Å². The number of rotatable bonds is 13. The topological polar surface area (TPSA) is 173 Å². The van der Waals surface area contributed by atoms with Gasteiger partial charge in [0, 0.05) is 11.8 Å². The summed E-state index contributed by atoms with van der Waals surface area (Å²) in [6, 6.07) is 14.2. The monoisotopic (exact) mass is 638 g/mol. The highest BCUT2D eigenvalue weighted by molar-refractivity contribution is 7.92. The zero-order valence-electron chi connectivity index (χ0n) is 23.5. The lowest BCUT2D eigenvalue weighted by molar-refractivity contribution is -0.123. The molecule has 0 spiro atoms. The summed E-state index contributed by atoms with van der Waals surface area (Å²) in [7, 11) is -2.28. The molecule has 1 aromatic heterocycles. The first-order valence-electron chi connectivity index (χ1n) is 12.8. The Bertz CT molecular complexity index is 1470. The Morgan fingerprint density at radius 1 is 1.02 bits per heavy atom. The second kappa shape index (κ2) is 14.7. The summed E-state index contributed by atoms with van der Waals surface area (Å²) in [5, 5.41) is 7.64. The van der Waals surface area contributed by atoms with Crippen LogP contribution in [0.5, 0.6) is 0 Å². The summed E-state index contributed by atoms with van der Waals surface area (Å²) in [6.07, 6.45) is -0.294. The molecule has 1 unspecified atom stereocenters. The van der Waals surface area contributed by atoms with Gasteiger partial charge in [-0.3, -0.25) is 9.35 Å². The number of anilines is 1. The third kappa shape index (κ3) is 9.87. The molecule has 3 rings (SSSR count). The fraction of sp³-hybridized carbons (Fsp3) is 0.370. The van der Waals surface area contributed by atoms with E-state index in [9.17, 15) is 22.2 Å². The second-order valence-corrected chi connectivity index (χ2v) is 14.6. The summed E-state index contributed by atoms with van der Waals surface area (Å²) >= 11 is -1.31. The Hall–Kier alpha value is -3.37. The van der Waals surface area contributed by atoms with Crippen LogP contribution in [0.4, 0.5) is 10.5 Å². The van der Waals surface area contributed by atoms with Gasteiger partial charge < -0.3 is 15.4 Å². The van der Waals surface area contributed by atoms with Gasteiger partial charge in [0.05, 0.1) is 29.3 Å². The molecule has 1 heterocycles. The number of amides is 2. The maximum absolute atomic E-state index is 13.6. The van der Waals surface area contributed by atoms with Gasteiger partial charge in [-0.2, -0.15) is 4.21 Å². The van der Waals surface area contributed by atoms with Crippen LogP contribution in [0.25, 0.3) is 0 Å². The van der Waals surface area contributed by atoms with Gasteiger partial charge in [-0.05, 0) is 50.5 Å². The van der Waals surface area contributed by atoms with Crippen LogP contribution in [0.1, 0.15) is 48.6 Å². The van der Waals surface area contributed by atoms with Crippen molar-refractivity contribution in [3.8, 4) is 0 Å². The van der Waals surface area contributed by atoms with Gasteiger partial charge in [-0.15, -0.1) is 15.6 Å². The van der Waals surface area contributed by atoms with Crippen LogP contribution in [0.3, 0.4) is 0 Å². The van der Waals surface area contributed by atoms with E-state index in [0.29, 0.717) is 16.4 Å². The van der Waals surface area contributed by atoms with Crippen molar-refractivity contribution in [2.75, 3.05) is 12.6 Å². The summed E-state index contributed by atoms with van der Waals surface area (Å²) in [6.45, 7) is 4.88. The Morgan fingerprint density at radius 3 is 2.26 bits per heavy atom. The molecule has 4 N–H and O–H groups in total. The highest BCUT2D eigenvalue weighted by Crippen LogP contribution is 2.26. The second-order valence-electron chi connectivity index (χ2n) is 10.3. The van der Waals surface area contributed by atoms with Crippen LogP contribution < -0.4 is 16.1 Å². The number of thiazole rings is 1. The fourth-order valence-corrected chi connectivity index (χ4v) is 6.08. The van der Waals surface area contributed by atoms with Crippen LogP contribution in [0, 0.1) is 0 Å². The molecule has 228 valence electrons. The summed E-state index contributed by atoms with van der Waals surface area (Å²) < 4.78 is 53.4. The highest BCUT2D eigenvalue weighted by atomic mass is 32.2. The summed E-state index contributed by atoms with van der Waals surface area (Å²) in [5.41, 5.74) is 4.83. The maximum Gasteiger partial charge on any atom is 0.407 e. The number of aromatic nitrogens is 1. The molecule has 0 aliphatic rings. The van der Waals surface area contributed by atoms with Crippen molar-refractivity contribution in [2.45, 2.75) is 56.2 Å². The van der Waals surface area contributed by atoms with Crippen molar-refractivity contribution in [2.24, 2.45) is 0 Å². The molecule has 2 amide bonds. The zero-order valence-corrected chi connectivity index (χ0v) is 26.0. The van der Waals surface area contributed by atoms with Gasteiger partial charge in [0.1, 0.15) is 16.8 Å². The average molecular weight is 639 g/mol. The summed E-state index contributed by atoms with van der Waals surface area (Å²) in [5.74, 6) is -0.724. The minimum Gasteiger partial charge on any atom is -0.453 e. The lowest BCUT2D eigenvalue weighted by atomic mass is 10.0. The molecule has 15 heteroatoms. The van der Waals surface area contributed by atoms with E-state index < -0.39 is 50.0 Å². The van der Waals surface area contributed by atoms with E-state index in [0.717, 1.165) is 11.1 Å². The van der Waals surface area contributed by atoms with E-state index >= 15 is 0 Å². The van der Waals surface area contributed by atoms with Crippen molar-refractivity contribution < 1.29 is 35.8 Å². The smallest absolute Gasteiger partial charge is 0.407 e. The molecular formula is C27H34N4O8S3. The van der Waals surface area contributed by atoms with E-state index in [1.807, 2.05) is 30.3 Å². The molecule has 0 aliphatic carbocycles. The maximum atomic E-state index is 13.6. The Balaban J connectivity index is 1.88. The average Bonchev–Trinajstić information content (AvgIpc) is 3.39. The lowest BCUT2D eigenvalue weighted by Crippen LogP contribution is -2.49. The Morgan fingerprint density at radius 2 is 1.67 bits per heavy atom. The van der Waals surface area contributed by atoms with Gasteiger partial charge in [0.2, 0.25) is 5.91 Å². The molecule has 3 atom stereocenters. The molecule has 0 fully saturated rings. The fourth-order valence-electron chi connectivity index (χ4n) is 3.72. The SMILES string of the molecule is COC(=O)N[C@@H](Cc1ccccc1)C(=O)N[C@@H](Cc1ccc(NOS(=O)O)cc1)c1csc(CS(=O)(=O)C(C)(C)C)n1. The molecule has 0 bridgehead atoms. The van der Waals surface area contributed by atoms with Gasteiger partial charge >= 0.3 is 17.5 Å². The van der Waals surface area contributed by atoms with Gasteiger partial charge in [0.15, 0.2) is 9.84 Å². The molecular weight excluding hydrogens is 605 g/mol. The molecule has 0 saturated carbocycles. The number of methoxy groups -OCH3 is 1. The minimum absolute atomic E-state index is 0.202. The minimum atomic E-state index is -3.49. The number of sulfone groups is 1. The van der Waals surface area contributed by atoms with Crippen LogP contribution in [0.2, 0.25) is 0 Å². The molecule has 2 aromatic carbocycles.